The summed E-state index contributed by atoms with van der Waals surface area (Å²) in [6, 6.07) is 5.05. The zero-order chi connectivity index (χ0) is 15.1. The number of pyridine rings is 1. The molecule has 21 heavy (non-hydrogen) atoms. The number of nitrogens with one attached hydrogen (secondary N) is 1. The van der Waals surface area contributed by atoms with Crippen molar-refractivity contribution in [3.63, 3.8) is 0 Å². The minimum Gasteiger partial charge on any atom is -0.372 e. The first kappa shape index (κ1) is 16.2. The second kappa shape index (κ2) is 8.30. The predicted molar refractivity (Wildman–Crippen MR) is 87.2 cm³/mol. The molecule has 2 rings (SSSR count). The summed E-state index contributed by atoms with van der Waals surface area (Å²) in [7, 11) is 0. The zero-order valence-electron chi connectivity index (χ0n) is 13.5. The Hall–Kier alpha value is -1.19. The van der Waals surface area contributed by atoms with Crippen LogP contribution in [0.15, 0.2) is 36.2 Å². The Morgan fingerprint density at radius 2 is 2.19 bits per heavy atom. The molecule has 0 bridgehead atoms. The Labute approximate surface area is 128 Å². The highest BCUT2D eigenvalue weighted by Gasteiger charge is 2.28. The van der Waals surface area contributed by atoms with Crippen LogP contribution in [0, 0.1) is 0 Å². The number of ether oxygens (including phenoxy) is 1. The molecule has 0 aliphatic carbocycles. The lowest BCUT2D eigenvalue weighted by molar-refractivity contribution is -0.0136. The van der Waals surface area contributed by atoms with E-state index in [4.69, 9.17) is 4.74 Å². The van der Waals surface area contributed by atoms with Gasteiger partial charge in [0.05, 0.1) is 6.10 Å². The number of allylic oxidation sites excluding steroid dienone is 2. The molecule has 0 spiro atoms. The summed E-state index contributed by atoms with van der Waals surface area (Å²) in [5.41, 5.74) is 2.64. The molecule has 0 radical (unpaired) electrons. The molecule has 0 aromatic carbocycles. The topological polar surface area (TPSA) is 34.1 Å². The normalized spacial score (nSPS) is 23.6. The first-order chi connectivity index (χ1) is 10.2. The Morgan fingerprint density at radius 3 is 2.90 bits per heavy atom. The highest BCUT2D eigenvalue weighted by atomic mass is 16.5. The van der Waals surface area contributed by atoms with Crippen molar-refractivity contribution >= 4 is 0 Å². The first-order valence-electron chi connectivity index (χ1n) is 8.07. The summed E-state index contributed by atoms with van der Waals surface area (Å²) in [6.45, 7) is 7.45. The molecular formula is C18H28N2O. The summed E-state index contributed by atoms with van der Waals surface area (Å²) >= 11 is 0. The van der Waals surface area contributed by atoms with Gasteiger partial charge >= 0.3 is 0 Å². The molecule has 1 aliphatic rings. The lowest BCUT2D eigenvalue weighted by atomic mass is 9.95. The maximum atomic E-state index is 6.02. The van der Waals surface area contributed by atoms with E-state index in [-0.39, 0.29) is 6.10 Å². The van der Waals surface area contributed by atoms with Gasteiger partial charge in [0.25, 0.3) is 0 Å². The van der Waals surface area contributed by atoms with E-state index in [1.807, 2.05) is 12.4 Å². The van der Waals surface area contributed by atoms with Gasteiger partial charge in [0.1, 0.15) is 0 Å². The van der Waals surface area contributed by atoms with Crippen LogP contribution in [0.3, 0.4) is 0 Å². The fourth-order valence-electron chi connectivity index (χ4n) is 2.90. The second-order valence-corrected chi connectivity index (χ2v) is 6.25. The van der Waals surface area contributed by atoms with Crippen molar-refractivity contribution in [2.75, 3.05) is 6.61 Å². The molecule has 3 heteroatoms. The monoisotopic (exact) mass is 288 g/mol. The molecule has 0 saturated carbocycles. The van der Waals surface area contributed by atoms with Gasteiger partial charge in [0.2, 0.25) is 0 Å². The molecule has 1 aromatic rings. The average Bonchev–Trinajstić information content (AvgIpc) is 2.48. The maximum Gasteiger partial charge on any atom is 0.0978 e. The van der Waals surface area contributed by atoms with Gasteiger partial charge in [-0.15, -0.1) is 0 Å². The summed E-state index contributed by atoms with van der Waals surface area (Å²) in [5, 5.41) is 3.77. The molecule has 1 aliphatic heterocycles. The minimum absolute atomic E-state index is 0.160. The van der Waals surface area contributed by atoms with Gasteiger partial charge in [0.15, 0.2) is 0 Å². The SMILES string of the molecule is CC(C)=CCC[C@H](C)N[C@H]1CCCO[C@@H]1c1ccncc1. The highest BCUT2D eigenvalue weighted by Crippen LogP contribution is 2.28. The van der Waals surface area contributed by atoms with Crippen molar-refractivity contribution in [2.45, 2.75) is 64.6 Å². The molecule has 2 heterocycles. The number of rotatable bonds is 6. The van der Waals surface area contributed by atoms with Gasteiger partial charge in [-0.25, -0.2) is 0 Å². The van der Waals surface area contributed by atoms with Crippen molar-refractivity contribution in [1.29, 1.82) is 0 Å². The van der Waals surface area contributed by atoms with Gasteiger partial charge in [-0.05, 0) is 64.2 Å². The van der Waals surface area contributed by atoms with Gasteiger partial charge in [-0.2, -0.15) is 0 Å². The third-order valence-electron chi connectivity index (χ3n) is 4.01. The van der Waals surface area contributed by atoms with Gasteiger partial charge < -0.3 is 10.1 Å². The number of hydrogen-bond donors (Lipinski definition) is 1. The largest absolute Gasteiger partial charge is 0.372 e. The zero-order valence-corrected chi connectivity index (χ0v) is 13.5. The lowest BCUT2D eigenvalue weighted by Crippen LogP contribution is -2.43. The quantitative estimate of drug-likeness (QED) is 0.803. The Kier molecular flexibility index (Phi) is 6.40. The predicted octanol–water partition coefficient (Wildman–Crippen LogP) is 4.03. The van der Waals surface area contributed by atoms with Crippen LogP contribution in [-0.2, 0) is 4.74 Å². The van der Waals surface area contributed by atoms with E-state index >= 15 is 0 Å². The van der Waals surface area contributed by atoms with E-state index in [9.17, 15) is 0 Å². The van der Waals surface area contributed by atoms with Crippen molar-refractivity contribution in [1.82, 2.24) is 10.3 Å². The average molecular weight is 288 g/mol. The van der Waals surface area contributed by atoms with E-state index in [1.165, 1.54) is 24.0 Å². The summed E-state index contributed by atoms with van der Waals surface area (Å²) in [4.78, 5) is 4.10. The summed E-state index contributed by atoms with van der Waals surface area (Å²) in [6.07, 6.45) is 10.8. The van der Waals surface area contributed by atoms with Crippen molar-refractivity contribution < 1.29 is 4.74 Å². The molecule has 1 aromatic heterocycles. The molecule has 3 atom stereocenters. The number of aromatic nitrogens is 1. The third kappa shape index (κ3) is 5.25. The van der Waals surface area contributed by atoms with Crippen molar-refractivity contribution in [2.24, 2.45) is 0 Å². The fraction of sp³-hybridized carbons (Fsp3) is 0.611. The van der Waals surface area contributed by atoms with Crippen LogP contribution >= 0.6 is 0 Å². The van der Waals surface area contributed by atoms with Crippen LogP contribution in [0.5, 0.6) is 0 Å². The van der Waals surface area contributed by atoms with E-state index in [2.05, 4.69) is 49.3 Å². The van der Waals surface area contributed by atoms with Crippen LogP contribution in [0.25, 0.3) is 0 Å². The van der Waals surface area contributed by atoms with Crippen LogP contribution in [-0.4, -0.2) is 23.7 Å². The van der Waals surface area contributed by atoms with Crippen molar-refractivity contribution in [3.05, 3.63) is 41.7 Å². The molecule has 3 nitrogen and oxygen atoms in total. The molecule has 116 valence electrons. The van der Waals surface area contributed by atoms with Gasteiger partial charge in [-0.3, -0.25) is 4.98 Å². The highest BCUT2D eigenvalue weighted by molar-refractivity contribution is 5.16. The van der Waals surface area contributed by atoms with Crippen LogP contribution in [0.1, 0.15) is 58.1 Å². The molecule has 1 fully saturated rings. The molecular weight excluding hydrogens is 260 g/mol. The van der Waals surface area contributed by atoms with E-state index < -0.39 is 0 Å². The second-order valence-electron chi connectivity index (χ2n) is 6.25. The van der Waals surface area contributed by atoms with Gasteiger partial charge in [0, 0.05) is 31.1 Å². The molecule has 1 N–H and O–H groups in total. The van der Waals surface area contributed by atoms with Crippen LogP contribution in [0.2, 0.25) is 0 Å². The maximum absolute atomic E-state index is 6.02. The smallest absolute Gasteiger partial charge is 0.0978 e. The number of nitrogens with zero attached hydrogens (tertiary/aromatic N) is 1. The summed E-state index contributed by atoms with van der Waals surface area (Å²) < 4.78 is 6.02. The lowest BCUT2D eigenvalue weighted by Gasteiger charge is -2.34. The first-order valence-corrected chi connectivity index (χ1v) is 8.07. The van der Waals surface area contributed by atoms with Crippen LogP contribution in [0.4, 0.5) is 0 Å². The van der Waals surface area contributed by atoms with E-state index in [0.29, 0.717) is 12.1 Å². The standard InChI is InChI=1S/C18H28N2O/c1-14(2)6-4-7-15(3)20-17-8-5-13-21-18(17)16-9-11-19-12-10-16/h6,9-12,15,17-18,20H,4-5,7-8,13H2,1-3H3/t15-,17-,18+/m0/s1. The number of hydrogen-bond acceptors (Lipinski definition) is 3. The van der Waals surface area contributed by atoms with Gasteiger partial charge in [-0.1, -0.05) is 11.6 Å². The van der Waals surface area contributed by atoms with Crippen LogP contribution < -0.4 is 5.32 Å². The van der Waals surface area contributed by atoms with E-state index in [0.717, 1.165) is 19.4 Å². The molecule has 0 amide bonds. The molecule has 1 saturated heterocycles. The van der Waals surface area contributed by atoms with E-state index in [1.54, 1.807) is 0 Å². The Balaban J connectivity index is 1.91. The Morgan fingerprint density at radius 1 is 1.43 bits per heavy atom. The van der Waals surface area contributed by atoms with Crippen molar-refractivity contribution in [3.8, 4) is 0 Å². The minimum atomic E-state index is 0.160. The summed E-state index contributed by atoms with van der Waals surface area (Å²) in [5.74, 6) is 0. The fourth-order valence-corrected chi connectivity index (χ4v) is 2.90. The molecule has 0 unspecified atom stereocenters. The Bertz CT molecular complexity index is 440. The third-order valence-corrected chi connectivity index (χ3v) is 4.01.